The summed E-state index contributed by atoms with van der Waals surface area (Å²) in [6.07, 6.45) is 0. The summed E-state index contributed by atoms with van der Waals surface area (Å²) in [5.41, 5.74) is 0.477. The monoisotopic (exact) mass is 236 g/mol. The highest BCUT2D eigenvalue weighted by Gasteiger charge is 2.26. The Bertz CT molecular complexity index is 633. The van der Waals surface area contributed by atoms with Crippen molar-refractivity contribution in [2.24, 2.45) is 0 Å². The van der Waals surface area contributed by atoms with E-state index in [1.807, 2.05) is 6.92 Å². The number of nitrogens with one attached hydrogen (secondary N) is 1. The lowest BCUT2D eigenvalue weighted by molar-refractivity contribution is 0.0919. The van der Waals surface area contributed by atoms with Crippen molar-refractivity contribution in [2.75, 3.05) is 6.54 Å². The van der Waals surface area contributed by atoms with Gasteiger partial charge in [0.2, 0.25) is 0 Å². The molecule has 1 aliphatic heterocycles. The van der Waals surface area contributed by atoms with Gasteiger partial charge in [-0.3, -0.25) is 4.79 Å². The van der Waals surface area contributed by atoms with Crippen molar-refractivity contribution >= 4 is 16.8 Å². The molecule has 0 fully saturated rings. The fourth-order valence-electron chi connectivity index (χ4n) is 2.32. The molecule has 0 saturated carbocycles. The van der Waals surface area contributed by atoms with E-state index in [1.54, 1.807) is 4.57 Å². The number of benzene rings is 1. The summed E-state index contributed by atoms with van der Waals surface area (Å²) in [7, 11) is 0. The highest BCUT2D eigenvalue weighted by molar-refractivity contribution is 6.00. The van der Waals surface area contributed by atoms with Crippen molar-refractivity contribution < 1.29 is 13.6 Å². The lowest BCUT2D eigenvalue weighted by Gasteiger charge is -2.24. The number of hydrogen-bond acceptors (Lipinski definition) is 1. The number of hydrogen-bond donors (Lipinski definition) is 1. The Kier molecular flexibility index (Phi) is 1.98. The number of rotatable bonds is 0. The molecule has 2 aromatic rings. The number of carbonyl (C=O) groups excluding carboxylic acids is 1. The van der Waals surface area contributed by atoms with Crippen molar-refractivity contribution in [3.05, 3.63) is 35.5 Å². The average Bonchev–Trinajstić information content (AvgIpc) is 2.71. The van der Waals surface area contributed by atoms with Crippen LogP contribution >= 0.6 is 0 Å². The molecule has 1 aromatic heterocycles. The van der Waals surface area contributed by atoms with Gasteiger partial charge in [0, 0.05) is 18.0 Å². The van der Waals surface area contributed by atoms with Gasteiger partial charge in [-0.05, 0) is 25.1 Å². The minimum atomic E-state index is -0.511. The summed E-state index contributed by atoms with van der Waals surface area (Å²) in [5, 5.41) is 2.84. The first kappa shape index (κ1) is 10.3. The van der Waals surface area contributed by atoms with E-state index in [2.05, 4.69) is 5.32 Å². The van der Waals surface area contributed by atoms with Crippen molar-refractivity contribution in [1.82, 2.24) is 9.88 Å². The molecule has 0 spiro atoms. The zero-order valence-corrected chi connectivity index (χ0v) is 9.13. The second-order valence-corrected chi connectivity index (χ2v) is 4.25. The Morgan fingerprint density at radius 3 is 2.82 bits per heavy atom. The van der Waals surface area contributed by atoms with Gasteiger partial charge in [0.1, 0.15) is 17.3 Å². The van der Waals surface area contributed by atoms with E-state index in [0.717, 1.165) is 12.1 Å². The second-order valence-electron chi connectivity index (χ2n) is 4.25. The van der Waals surface area contributed by atoms with Crippen LogP contribution in [0.1, 0.15) is 23.5 Å². The molecule has 1 atom stereocenters. The Hall–Kier alpha value is -1.91. The number of halogens is 2. The first-order valence-electron chi connectivity index (χ1n) is 5.36. The van der Waals surface area contributed by atoms with Crippen molar-refractivity contribution in [3.8, 4) is 0 Å². The van der Waals surface area contributed by atoms with E-state index >= 15 is 0 Å². The van der Waals surface area contributed by atoms with Crippen LogP contribution in [0.5, 0.6) is 0 Å². The molecule has 1 amide bonds. The molecule has 1 aliphatic rings. The van der Waals surface area contributed by atoms with Gasteiger partial charge in [-0.1, -0.05) is 0 Å². The molecule has 0 bridgehead atoms. The zero-order chi connectivity index (χ0) is 12.2. The third-order valence-corrected chi connectivity index (χ3v) is 3.13. The maximum Gasteiger partial charge on any atom is 0.268 e. The van der Waals surface area contributed by atoms with Gasteiger partial charge >= 0.3 is 0 Å². The largest absolute Gasteiger partial charge is 0.349 e. The summed E-state index contributed by atoms with van der Waals surface area (Å²) >= 11 is 0. The normalized spacial score (nSPS) is 19.2. The van der Waals surface area contributed by atoms with E-state index in [9.17, 15) is 13.6 Å². The molecule has 0 saturated heterocycles. The molecule has 1 aromatic carbocycles. The molecule has 88 valence electrons. The van der Waals surface area contributed by atoms with Crippen molar-refractivity contribution in [2.45, 2.75) is 13.0 Å². The van der Waals surface area contributed by atoms with E-state index < -0.39 is 11.6 Å². The SMILES string of the molecule is C[C@@H]1CNC(=O)c2cc3c(F)ccc(F)c3n21. The lowest BCUT2D eigenvalue weighted by atomic mass is 10.2. The predicted molar refractivity (Wildman–Crippen MR) is 58.9 cm³/mol. The standard InChI is InChI=1S/C12H10F2N2O/c1-6-5-15-12(17)10-4-7-8(13)2-3-9(14)11(7)16(6)10/h2-4,6H,5H2,1H3,(H,15,17)/t6-/m1/s1. The number of fused-ring (bicyclic) bond motifs is 3. The van der Waals surface area contributed by atoms with Crippen LogP contribution in [0.15, 0.2) is 18.2 Å². The van der Waals surface area contributed by atoms with Gasteiger partial charge in [0.25, 0.3) is 5.91 Å². The van der Waals surface area contributed by atoms with E-state index in [4.69, 9.17) is 0 Å². The van der Waals surface area contributed by atoms with Crippen LogP contribution in [-0.4, -0.2) is 17.0 Å². The molecule has 2 heterocycles. The highest BCUT2D eigenvalue weighted by atomic mass is 19.1. The Balaban J connectivity index is 2.46. The van der Waals surface area contributed by atoms with Crippen LogP contribution in [0.4, 0.5) is 8.78 Å². The Morgan fingerprint density at radius 2 is 2.06 bits per heavy atom. The van der Waals surface area contributed by atoms with Gasteiger partial charge in [-0.25, -0.2) is 8.78 Å². The van der Waals surface area contributed by atoms with Crippen LogP contribution in [0.25, 0.3) is 10.9 Å². The third kappa shape index (κ3) is 1.28. The Labute approximate surface area is 96.0 Å². The predicted octanol–water partition coefficient (Wildman–Crippen LogP) is 2.22. The number of amides is 1. The lowest BCUT2D eigenvalue weighted by Crippen LogP contribution is -2.37. The quantitative estimate of drug-likeness (QED) is 0.747. The second kappa shape index (κ2) is 3.29. The van der Waals surface area contributed by atoms with Crippen LogP contribution in [0.3, 0.4) is 0 Å². The first-order valence-corrected chi connectivity index (χ1v) is 5.36. The van der Waals surface area contributed by atoms with E-state index in [-0.39, 0.29) is 22.9 Å². The summed E-state index contributed by atoms with van der Waals surface area (Å²) in [4.78, 5) is 11.6. The van der Waals surface area contributed by atoms with Gasteiger partial charge in [-0.15, -0.1) is 0 Å². The molecule has 1 N–H and O–H groups in total. The molecule has 0 aliphatic carbocycles. The number of aromatic nitrogens is 1. The fraction of sp³-hybridized carbons (Fsp3) is 0.250. The molecular formula is C12H10F2N2O. The average molecular weight is 236 g/mol. The number of carbonyl (C=O) groups is 1. The van der Waals surface area contributed by atoms with Crippen LogP contribution in [0, 0.1) is 11.6 Å². The highest BCUT2D eigenvalue weighted by Crippen LogP contribution is 2.30. The van der Waals surface area contributed by atoms with E-state index in [1.165, 1.54) is 6.07 Å². The van der Waals surface area contributed by atoms with Crippen molar-refractivity contribution in [3.63, 3.8) is 0 Å². The number of nitrogens with zero attached hydrogens (tertiary/aromatic N) is 1. The van der Waals surface area contributed by atoms with Crippen molar-refractivity contribution in [1.29, 1.82) is 0 Å². The topological polar surface area (TPSA) is 34.0 Å². The maximum atomic E-state index is 13.8. The fourth-order valence-corrected chi connectivity index (χ4v) is 2.32. The van der Waals surface area contributed by atoms with E-state index in [0.29, 0.717) is 12.2 Å². The third-order valence-electron chi connectivity index (χ3n) is 3.13. The molecular weight excluding hydrogens is 226 g/mol. The molecule has 3 nitrogen and oxygen atoms in total. The molecule has 0 radical (unpaired) electrons. The molecule has 17 heavy (non-hydrogen) atoms. The molecule has 3 rings (SSSR count). The minimum Gasteiger partial charge on any atom is -0.349 e. The van der Waals surface area contributed by atoms with Gasteiger partial charge < -0.3 is 9.88 Å². The molecule has 5 heteroatoms. The maximum absolute atomic E-state index is 13.8. The minimum absolute atomic E-state index is 0.0866. The zero-order valence-electron chi connectivity index (χ0n) is 9.13. The van der Waals surface area contributed by atoms with Gasteiger partial charge in [0.05, 0.1) is 5.52 Å². The summed E-state index contributed by atoms with van der Waals surface area (Å²) in [6, 6.07) is 3.48. The molecule has 0 unspecified atom stereocenters. The summed E-state index contributed by atoms with van der Waals surface area (Å²) in [6.45, 7) is 2.28. The summed E-state index contributed by atoms with van der Waals surface area (Å²) in [5.74, 6) is -1.31. The first-order chi connectivity index (χ1) is 8.09. The van der Waals surface area contributed by atoms with Crippen LogP contribution in [-0.2, 0) is 0 Å². The van der Waals surface area contributed by atoms with Crippen LogP contribution in [0.2, 0.25) is 0 Å². The smallest absolute Gasteiger partial charge is 0.268 e. The van der Waals surface area contributed by atoms with Gasteiger partial charge in [-0.2, -0.15) is 0 Å². The summed E-state index contributed by atoms with van der Waals surface area (Å²) < 4.78 is 28.9. The van der Waals surface area contributed by atoms with Crippen LogP contribution < -0.4 is 5.32 Å². The van der Waals surface area contributed by atoms with Gasteiger partial charge in [0.15, 0.2) is 0 Å². The Morgan fingerprint density at radius 1 is 1.35 bits per heavy atom.